The fourth-order valence-electron chi connectivity index (χ4n) is 1.61. The van der Waals surface area contributed by atoms with Gasteiger partial charge in [-0.3, -0.25) is 14.8 Å². The highest BCUT2D eigenvalue weighted by atomic mass is 16.3. The van der Waals surface area contributed by atoms with E-state index in [0.29, 0.717) is 24.2 Å². The van der Waals surface area contributed by atoms with Gasteiger partial charge in [-0.05, 0) is 30.7 Å². The zero-order chi connectivity index (χ0) is 13.5. The molecule has 0 spiro atoms. The molecule has 5 heteroatoms. The standard InChI is InChI=1S/C14H15N3O2/c18-9-3-7-17-14(19)11-5-8-16-13(10-11)12-4-1-2-6-15-12/h1-2,4-6,8,10,18H,3,7,9H2,(H,17,19). The zero-order valence-corrected chi connectivity index (χ0v) is 10.4. The van der Waals surface area contributed by atoms with Crippen LogP contribution in [0.3, 0.4) is 0 Å². The lowest BCUT2D eigenvalue weighted by atomic mass is 10.1. The first-order chi connectivity index (χ1) is 9.31. The van der Waals surface area contributed by atoms with Crippen molar-refractivity contribution in [3.8, 4) is 11.4 Å². The molecule has 0 aliphatic heterocycles. The Kier molecular flexibility index (Phi) is 4.58. The molecule has 2 rings (SSSR count). The maximum atomic E-state index is 11.9. The van der Waals surface area contributed by atoms with Gasteiger partial charge in [0.05, 0.1) is 11.4 Å². The highest BCUT2D eigenvalue weighted by Crippen LogP contribution is 2.14. The van der Waals surface area contributed by atoms with Gasteiger partial charge in [0.1, 0.15) is 0 Å². The number of rotatable bonds is 5. The molecule has 2 aromatic rings. The molecule has 2 N–H and O–H groups in total. The molecule has 2 aromatic heterocycles. The van der Waals surface area contributed by atoms with Gasteiger partial charge in [0, 0.05) is 31.1 Å². The summed E-state index contributed by atoms with van der Waals surface area (Å²) in [6.45, 7) is 0.520. The largest absolute Gasteiger partial charge is 0.396 e. The van der Waals surface area contributed by atoms with Gasteiger partial charge in [-0.15, -0.1) is 0 Å². The first-order valence-corrected chi connectivity index (χ1v) is 6.08. The molecular formula is C14H15N3O2. The van der Waals surface area contributed by atoms with Crippen LogP contribution in [0.25, 0.3) is 11.4 Å². The van der Waals surface area contributed by atoms with E-state index >= 15 is 0 Å². The quantitative estimate of drug-likeness (QED) is 0.791. The van der Waals surface area contributed by atoms with Crippen LogP contribution in [0, 0.1) is 0 Å². The van der Waals surface area contributed by atoms with E-state index in [-0.39, 0.29) is 12.5 Å². The van der Waals surface area contributed by atoms with E-state index in [9.17, 15) is 4.79 Å². The van der Waals surface area contributed by atoms with Crippen molar-refractivity contribution < 1.29 is 9.90 Å². The van der Waals surface area contributed by atoms with Gasteiger partial charge in [0.15, 0.2) is 0 Å². The van der Waals surface area contributed by atoms with Crippen LogP contribution in [-0.4, -0.2) is 34.1 Å². The molecule has 0 saturated heterocycles. The molecule has 98 valence electrons. The van der Waals surface area contributed by atoms with E-state index in [1.165, 1.54) is 0 Å². The SMILES string of the molecule is O=C(NCCCO)c1ccnc(-c2ccccn2)c1. The smallest absolute Gasteiger partial charge is 0.251 e. The van der Waals surface area contributed by atoms with E-state index in [1.54, 1.807) is 24.5 Å². The van der Waals surface area contributed by atoms with Crippen LogP contribution >= 0.6 is 0 Å². The molecule has 0 atom stereocenters. The average molecular weight is 257 g/mol. The third-order valence-electron chi connectivity index (χ3n) is 2.57. The number of aliphatic hydroxyl groups is 1. The Labute approximate surface area is 111 Å². The Morgan fingerprint density at radius 3 is 2.74 bits per heavy atom. The van der Waals surface area contributed by atoms with Gasteiger partial charge < -0.3 is 10.4 Å². The molecule has 0 aliphatic rings. The third-order valence-corrected chi connectivity index (χ3v) is 2.57. The number of aromatic nitrogens is 2. The van der Waals surface area contributed by atoms with Crippen LogP contribution in [0.15, 0.2) is 42.7 Å². The molecule has 0 radical (unpaired) electrons. The summed E-state index contributed by atoms with van der Waals surface area (Å²) in [5.41, 5.74) is 1.93. The normalized spacial score (nSPS) is 10.2. The topological polar surface area (TPSA) is 75.1 Å². The van der Waals surface area contributed by atoms with Gasteiger partial charge in [-0.2, -0.15) is 0 Å². The second-order valence-electron chi connectivity index (χ2n) is 3.98. The first-order valence-electron chi connectivity index (χ1n) is 6.08. The summed E-state index contributed by atoms with van der Waals surface area (Å²) < 4.78 is 0. The molecule has 0 unspecified atom stereocenters. The van der Waals surface area contributed by atoms with Crippen LogP contribution in [0.1, 0.15) is 16.8 Å². The molecule has 0 aromatic carbocycles. The highest BCUT2D eigenvalue weighted by Gasteiger charge is 2.07. The van der Waals surface area contributed by atoms with Gasteiger partial charge in [-0.25, -0.2) is 0 Å². The molecule has 0 fully saturated rings. The molecule has 1 amide bonds. The minimum atomic E-state index is -0.173. The number of nitrogens with zero attached hydrogens (tertiary/aromatic N) is 2. The van der Waals surface area contributed by atoms with Crippen LogP contribution < -0.4 is 5.32 Å². The second-order valence-corrected chi connectivity index (χ2v) is 3.98. The summed E-state index contributed by atoms with van der Waals surface area (Å²) in [5.74, 6) is -0.173. The Morgan fingerprint density at radius 1 is 1.16 bits per heavy atom. The lowest BCUT2D eigenvalue weighted by molar-refractivity contribution is 0.0951. The molecule has 19 heavy (non-hydrogen) atoms. The van der Waals surface area contributed by atoms with Crippen molar-refractivity contribution in [2.24, 2.45) is 0 Å². The fourth-order valence-corrected chi connectivity index (χ4v) is 1.61. The second kappa shape index (κ2) is 6.61. The van der Waals surface area contributed by atoms with Crippen LogP contribution in [-0.2, 0) is 0 Å². The van der Waals surface area contributed by atoms with E-state index < -0.39 is 0 Å². The molecule has 0 bridgehead atoms. The number of hydrogen-bond acceptors (Lipinski definition) is 4. The van der Waals surface area contributed by atoms with Crippen LogP contribution in [0.4, 0.5) is 0 Å². The van der Waals surface area contributed by atoms with Crippen molar-refractivity contribution in [3.05, 3.63) is 48.3 Å². The van der Waals surface area contributed by atoms with Gasteiger partial charge >= 0.3 is 0 Å². The predicted octanol–water partition coefficient (Wildman–Crippen LogP) is 1.26. The Hall–Kier alpha value is -2.27. The average Bonchev–Trinajstić information content (AvgIpc) is 2.48. The van der Waals surface area contributed by atoms with Crippen LogP contribution in [0.5, 0.6) is 0 Å². The lowest BCUT2D eigenvalue weighted by Gasteiger charge is -2.05. The molecule has 2 heterocycles. The number of aliphatic hydroxyl groups excluding tert-OH is 1. The van der Waals surface area contributed by atoms with Crippen molar-refractivity contribution in [2.45, 2.75) is 6.42 Å². The summed E-state index contributed by atoms with van der Waals surface area (Å²) in [4.78, 5) is 20.3. The van der Waals surface area contributed by atoms with E-state index in [2.05, 4.69) is 15.3 Å². The minimum Gasteiger partial charge on any atom is -0.396 e. The monoisotopic (exact) mass is 257 g/mol. The number of carbonyl (C=O) groups excluding carboxylic acids is 1. The van der Waals surface area contributed by atoms with Crippen molar-refractivity contribution in [2.75, 3.05) is 13.2 Å². The summed E-state index contributed by atoms with van der Waals surface area (Å²) in [7, 11) is 0. The lowest BCUT2D eigenvalue weighted by Crippen LogP contribution is -2.25. The van der Waals surface area contributed by atoms with Gasteiger partial charge in [0.2, 0.25) is 0 Å². The molecular weight excluding hydrogens is 242 g/mol. The van der Waals surface area contributed by atoms with Crippen molar-refractivity contribution in [1.29, 1.82) is 0 Å². The minimum absolute atomic E-state index is 0.0653. The van der Waals surface area contributed by atoms with Crippen LogP contribution in [0.2, 0.25) is 0 Å². The number of pyridine rings is 2. The summed E-state index contributed by atoms with van der Waals surface area (Å²) in [6.07, 6.45) is 3.82. The van der Waals surface area contributed by atoms with Crippen molar-refractivity contribution in [3.63, 3.8) is 0 Å². The Bertz CT molecular complexity index is 543. The molecule has 0 saturated carbocycles. The van der Waals surface area contributed by atoms with Crippen molar-refractivity contribution >= 4 is 5.91 Å². The maximum Gasteiger partial charge on any atom is 0.251 e. The zero-order valence-electron chi connectivity index (χ0n) is 10.4. The Morgan fingerprint density at radius 2 is 2.00 bits per heavy atom. The molecule has 0 aliphatic carbocycles. The maximum absolute atomic E-state index is 11.9. The molecule has 5 nitrogen and oxygen atoms in total. The number of carbonyl (C=O) groups is 1. The van der Waals surface area contributed by atoms with E-state index in [0.717, 1.165) is 5.69 Å². The van der Waals surface area contributed by atoms with Gasteiger partial charge in [-0.1, -0.05) is 6.07 Å². The number of nitrogens with one attached hydrogen (secondary N) is 1. The van der Waals surface area contributed by atoms with E-state index in [4.69, 9.17) is 5.11 Å². The summed E-state index contributed by atoms with van der Waals surface area (Å²) >= 11 is 0. The number of amides is 1. The predicted molar refractivity (Wildman–Crippen MR) is 71.5 cm³/mol. The summed E-state index contributed by atoms with van der Waals surface area (Å²) in [6, 6.07) is 8.90. The van der Waals surface area contributed by atoms with E-state index in [1.807, 2.05) is 18.2 Å². The summed E-state index contributed by atoms with van der Waals surface area (Å²) in [5, 5.41) is 11.4. The van der Waals surface area contributed by atoms with Crippen molar-refractivity contribution in [1.82, 2.24) is 15.3 Å². The third kappa shape index (κ3) is 3.59. The fraction of sp³-hybridized carbons (Fsp3) is 0.214. The van der Waals surface area contributed by atoms with Gasteiger partial charge in [0.25, 0.3) is 5.91 Å². The first kappa shape index (κ1) is 13.2. The Balaban J connectivity index is 2.13. The number of hydrogen-bond donors (Lipinski definition) is 2. The highest BCUT2D eigenvalue weighted by molar-refractivity contribution is 5.94.